The van der Waals surface area contributed by atoms with Crippen LogP contribution in [0, 0.1) is 0 Å². The molecule has 1 fully saturated rings. The number of aromatic nitrogens is 1. The standard InChI is InChI=1S/C12H14N2O3/c15-10-3-4-14(8-10)7-9-6-12(17-13-9)11-2-1-5-16-11/h1-2,5-6,10,15H,3-4,7-8H2/t10-/m0/s1. The van der Waals surface area contributed by atoms with Crippen molar-refractivity contribution < 1.29 is 14.0 Å². The second-order valence-electron chi connectivity index (χ2n) is 4.34. The molecule has 0 saturated carbocycles. The highest BCUT2D eigenvalue weighted by atomic mass is 16.5. The summed E-state index contributed by atoms with van der Waals surface area (Å²) < 4.78 is 10.4. The van der Waals surface area contributed by atoms with Gasteiger partial charge in [0.05, 0.1) is 18.1 Å². The molecular formula is C12H14N2O3. The van der Waals surface area contributed by atoms with Gasteiger partial charge in [-0.25, -0.2) is 0 Å². The van der Waals surface area contributed by atoms with Gasteiger partial charge in [-0.2, -0.15) is 0 Å². The molecule has 1 N–H and O–H groups in total. The number of β-amino-alcohol motifs (C(OH)–C–C–N with tert-alkyl or cyclic N) is 1. The van der Waals surface area contributed by atoms with E-state index in [4.69, 9.17) is 8.94 Å². The van der Waals surface area contributed by atoms with Gasteiger partial charge in [-0.3, -0.25) is 4.90 Å². The van der Waals surface area contributed by atoms with E-state index in [1.807, 2.05) is 18.2 Å². The van der Waals surface area contributed by atoms with Gasteiger partial charge in [0.15, 0.2) is 5.76 Å². The van der Waals surface area contributed by atoms with Gasteiger partial charge in [-0.05, 0) is 18.6 Å². The number of aliphatic hydroxyl groups excluding tert-OH is 1. The minimum atomic E-state index is -0.202. The maximum Gasteiger partial charge on any atom is 0.202 e. The lowest BCUT2D eigenvalue weighted by atomic mass is 10.3. The van der Waals surface area contributed by atoms with Gasteiger partial charge in [-0.15, -0.1) is 0 Å². The highest BCUT2D eigenvalue weighted by Crippen LogP contribution is 2.21. The topological polar surface area (TPSA) is 62.6 Å². The first kappa shape index (κ1) is 10.6. The van der Waals surface area contributed by atoms with Crippen LogP contribution in [-0.2, 0) is 6.54 Å². The summed E-state index contributed by atoms with van der Waals surface area (Å²) >= 11 is 0. The molecule has 5 nitrogen and oxygen atoms in total. The fraction of sp³-hybridized carbons (Fsp3) is 0.417. The van der Waals surface area contributed by atoms with Crippen LogP contribution in [0.25, 0.3) is 11.5 Å². The normalized spacial score (nSPS) is 21.1. The van der Waals surface area contributed by atoms with Crippen molar-refractivity contribution in [2.24, 2.45) is 0 Å². The molecule has 0 aromatic carbocycles. The monoisotopic (exact) mass is 234 g/mol. The maximum atomic E-state index is 9.43. The van der Waals surface area contributed by atoms with Crippen LogP contribution in [-0.4, -0.2) is 34.4 Å². The van der Waals surface area contributed by atoms with Crippen molar-refractivity contribution in [1.29, 1.82) is 0 Å². The Kier molecular flexibility index (Phi) is 2.70. The van der Waals surface area contributed by atoms with Gasteiger partial charge in [0.2, 0.25) is 5.76 Å². The average molecular weight is 234 g/mol. The lowest BCUT2D eigenvalue weighted by Crippen LogP contribution is -2.21. The first-order valence-electron chi connectivity index (χ1n) is 5.71. The van der Waals surface area contributed by atoms with E-state index in [2.05, 4.69) is 10.1 Å². The fourth-order valence-electron chi connectivity index (χ4n) is 2.11. The summed E-state index contributed by atoms with van der Waals surface area (Å²) in [4.78, 5) is 2.16. The van der Waals surface area contributed by atoms with E-state index in [0.717, 1.165) is 18.7 Å². The SMILES string of the molecule is O[C@H]1CCN(Cc2cc(-c3ccco3)on2)C1. The van der Waals surface area contributed by atoms with Gasteiger partial charge < -0.3 is 14.0 Å². The third kappa shape index (κ3) is 2.25. The quantitative estimate of drug-likeness (QED) is 0.872. The Balaban J connectivity index is 1.69. The molecule has 0 aliphatic carbocycles. The zero-order valence-electron chi connectivity index (χ0n) is 9.37. The van der Waals surface area contributed by atoms with E-state index in [-0.39, 0.29) is 6.10 Å². The number of rotatable bonds is 3. The average Bonchev–Trinajstić information content (AvgIpc) is 3.00. The largest absolute Gasteiger partial charge is 0.461 e. The summed E-state index contributed by atoms with van der Waals surface area (Å²) in [6, 6.07) is 5.53. The zero-order valence-corrected chi connectivity index (χ0v) is 9.37. The smallest absolute Gasteiger partial charge is 0.202 e. The molecule has 0 spiro atoms. The number of likely N-dealkylation sites (tertiary alicyclic amines) is 1. The van der Waals surface area contributed by atoms with Crippen molar-refractivity contribution in [3.05, 3.63) is 30.2 Å². The summed E-state index contributed by atoms with van der Waals surface area (Å²) in [6.07, 6.45) is 2.24. The van der Waals surface area contributed by atoms with Crippen LogP contribution >= 0.6 is 0 Å². The maximum absolute atomic E-state index is 9.43. The fourth-order valence-corrected chi connectivity index (χ4v) is 2.11. The van der Waals surface area contributed by atoms with Gasteiger partial charge in [0.1, 0.15) is 0 Å². The van der Waals surface area contributed by atoms with Crippen molar-refractivity contribution in [2.45, 2.75) is 19.1 Å². The van der Waals surface area contributed by atoms with E-state index < -0.39 is 0 Å². The molecule has 0 amide bonds. The van der Waals surface area contributed by atoms with Crippen LogP contribution in [0.1, 0.15) is 12.1 Å². The molecule has 3 heterocycles. The molecule has 1 aliphatic heterocycles. The van der Waals surface area contributed by atoms with Crippen molar-refractivity contribution in [1.82, 2.24) is 10.1 Å². The third-order valence-corrected chi connectivity index (χ3v) is 2.96. The number of hydrogen-bond donors (Lipinski definition) is 1. The molecule has 3 rings (SSSR count). The Bertz CT molecular complexity index is 478. The Morgan fingerprint density at radius 1 is 1.47 bits per heavy atom. The summed E-state index contributed by atoms with van der Waals surface area (Å²) in [5.41, 5.74) is 0.866. The van der Waals surface area contributed by atoms with E-state index in [0.29, 0.717) is 24.6 Å². The van der Waals surface area contributed by atoms with E-state index in [9.17, 15) is 5.11 Å². The van der Waals surface area contributed by atoms with Crippen LogP contribution in [0.3, 0.4) is 0 Å². The lowest BCUT2D eigenvalue weighted by Gasteiger charge is -2.11. The third-order valence-electron chi connectivity index (χ3n) is 2.96. The minimum Gasteiger partial charge on any atom is -0.461 e. The molecule has 90 valence electrons. The summed E-state index contributed by atoms with van der Waals surface area (Å²) in [7, 11) is 0. The van der Waals surface area contributed by atoms with Gasteiger partial charge in [0, 0.05) is 25.7 Å². The molecule has 2 aromatic heterocycles. The predicted octanol–water partition coefficient (Wildman–Crippen LogP) is 1.50. The molecule has 0 unspecified atom stereocenters. The van der Waals surface area contributed by atoms with Crippen LogP contribution in [0.2, 0.25) is 0 Å². The Morgan fingerprint density at radius 2 is 2.41 bits per heavy atom. The van der Waals surface area contributed by atoms with Crippen molar-refractivity contribution in [2.75, 3.05) is 13.1 Å². The Labute approximate surface area is 98.6 Å². The summed E-state index contributed by atoms with van der Waals surface area (Å²) in [5.74, 6) is 1.33. The molecule has 0 radical (unpaired) electrons. The Morgan fingerprint density at radius 3 is 3.12 bits per heavy atom. The van der Waals surface area contributed by atoms with Crippen LogP contribution in [0.15, 0.2) is 33.4 Å². The first-order chi connectivity index (χ1) is 8.31. The molecule has 0 bridgehead atoms. The van der Waals surface area contributed by atoms with Gasteiger partial charge >= 0.3 is 0 Å². The molecule has 1 saturated heterocycles. The molecule has 17 heavy (non-hydrogen) atoms. The highest BCUT2D eigenvalue weighted by molar-refractivity contribution is 5.49. The lowest BCUT2D eigenvalue weighted by molar-refractivity contribution is 0.174. The van der Waals surface area contributed by atoms with Crippen molar-refractivity contribution in [3.8, 4) is 11.5 Å². The highest BCUT2D eigenvalue weighted by Gasteiger charge is 2.21. The molecule has 5 heteroatoms. The van der Waals surface area contributed by atoms with Crippen LogP contribution < -0.4 is 0 Å². The second kappa shape index (κ2) is 4.35. The second-order valence-corrected chi connectivity index (χ2v) is 4.34. The van der Waals surface area contributed by atoms with Gasteiger partial charge in [0.25, 0.3) is 0 Å². The van der Waals surface area contributed by atoms with E-state index in [1.54, 1.807) is 6.26 Å². The minimum absolute atomic E-state index is 0.202. The van der Waals surface area contributed by atoms with Crippen LogP contribution in [0.4, 0.5) is 0 Å². The molecule has 2 aromatic rings. The Hall–Kier alpha value is -1.59. The summed E-state index contributed by atoms with van der Waals surface area (Å²) in [5, 5.41) is 13.4. The number of hydrogen-bond acceptors (Lipinski definition) is 5. The summed E-state index contributed by atoms with van der Waals surface area (Å²) in [6.45, 7) is 2.33. The first-order valence-corrected chi connectivity index (χ1v) is 5.71. The number of aliphatic hydroxyl groups is 1. The predicted molar refractivity (Wildman–Crippen MR) is 60.1 cm³/mol. The molecule has 1 aliphatic rings. The number of nitrogens with zero attached hydrogens (tertiary/aromatic N) is 2. The van der Waals surface area contributed by atoms with E-state index >= 15 is 0 Å². The number of furan rings is 1. The zero-order chi connectivity index (χ0) is 11.7. The van der Waals surface area contributed by atoms with Crippen molar-refractivity contribution >= 4 is 0 Å². The molecular weight excluding hydrogens is 220 g/mol. The molecule has 1 atom stereocenters. The van der Waals surface area contributed by atoms with E-state index in [1.165, 1.54) is 0 Å². The van der Waals surface area contributed by atoms with Gasteiger partial charge in [-0.1, -0.05) is 5.16 Å². The van der Waals surface area contributed by atoms with Crippen molar-refractivity contribution in [3.63, 3.8) is 0 Å². The van der Waals surface area contributed by atoms with Crippen LogP contribution in [0.5, 0.6) is 0 Å².